The molecule has 0 saturated carbocycles. The van der Waals surface area contributed by atoms with Gasteiger partial charge in [0.1, 0.15) is 0 Å². The minimum Gasteiger partial charge on any atom is -0.546 e. The highest BCUT2D eigenvalue weighted by Gasteiger charge is 2.26. The van der Waals surface area contributed by atoms with E-state index in [9.17, 15) is 22.0 Å². The van der Waals surface area contributed by atoms with Crippen molar-refractivity contribution >= 4 is 9.76 Å². The van der Waals surface area contributed by atoms with Gasteiger partial charge in [0, 0.05) is 0 Å². The molecular formula is C7H5F5OSi. The van der Waals surface area contributed by atoms with Gasteiger partial charge in [0.15, 0.2) is 5.75 Å². The van der Waals surface area contributed by atoms with Crippen LogP contribution in [-0.2, 0) is 0 Å². The Kier molecular flexibility index (Phi) is 3.09. The molecule has 0 aliphatic heterocycles. The van der Waals surface area contributed by atoms with Crippen molar-refractivity contribution in [3.63, 3.8) is 0 Å². The molecule has 1 rings (SSSR count). The molecule has 0 fully saturated rings. The maximum atomic E-state index is 12.8. The molecule has 0 aromatic heterocycles. The van der Waals surface area contributed by atoms with Crippen LogP contribution in [0, 0.1) is 29.1 Å². The molecule has 0 N–H and O–H groups in total. The number of hydrogen-bond donors (Lipinski definition) is 0. The third-order valence-electron chi connectivity index (χ3n) is 1.46. The molecule has 0 radical (unpaired) electrons. The van der Waals surface area contributed by atoms with Crippen LogP contribution in [-0.4, -0.2) is 9.76 Å². The van der Waals surface area contributed by atoms with E-state index < -0.39 is 44.6 Å². The molecule has 0 bridgehead atoms. The van der Waals surface area contributed by atoms with Crippen molar-refractivity contribution in [2.24, 2.45) is 0 Å². The Morgan fingerprint density at radius 3 is 1.50 bits per heavy atom. The maximum absolute atomic E-state index is 12.8. The summed E-state index contributed by atoms with van der Waals surface area (Å²) in [4.78, 5) is 0. The SMILES string of the molecule is C[SiH2]Oc1c(F)c(F)c(F)c(F)c1F. The quantitative estimate of drug-likeness (QED) is 0.325. The molecule has 0 amide bonds. The summed E-state index contributed by atoms with van der Waals surface area (Å²) in [6.07, 6.45) is 0. The van der Waals surface area contributed by atoms with Crippen LogP contribution in [0.25, 0.3) is 0 Å². The van der Waals surface area contributed by atoms with Crippen LogP contribution >= 0.6 is 0 Å². The van der Waals surface area contributed by atoms with Crippen molar-refractivity contribution in [2.75, 3.05) is 0 Å². The zero-order chi connectivity index (χ0) is 10.9. The van der Waals surface area contributed by atoms with Gasteiger partial charge < -0.3 is 4.43 Å². The molecule has 0 unspecified atom stereocenters. The van der Waals surface area contributed by atoms with E-state index in [0.717, 1.165) is 0 Å². The van der Waals surface area contributed by atoms with Crippen molar-refractivity contribution in [1.29, 1.82) is 0 Å². The molecule has 0 atom stereocenters. The standard InChI is InChI=1S/C7H5F5OSi/c1-14-13-7-5(11)3(9)2(8)4(10)6(7)12/h14H2,1H3. The molecule has 14 heavy (non-hydrogen) atoms. The predicted molar refractivity (Wildman–Crippen MR) is 41.3 cm³/mol. The van der Waals surface area contributed by atoms with Crippen LogP contribution < -0.4 is 4.43 Å². The van der Waals surface area contributed by atoms with Crippen molar-refractivity contribution in [3.05, 3.63) is 29.1 Å². The van der Waals surface area contributed by atoms with Crippen molar-refractivity contribution in [3.8, 4) is 5.75 Å². The topological polar surface area (TPSA) is 9.23 Å². The highest BCUT2D eigenvalue weighted by atomic mass is 28.2. The van der Waals surface area contributed by atoms with Gasteiger partial charge >= 0.3 is 0 Å². The maximum Gasteiger partial charge on any atom is 0.216 e. The molecule has 0 saturated heterocycles. The minimum absolute atomic E-state index is 1.18. The predicted octanol–water partition coefficient (Wildman–Crippen LogP) is 1.89. The molecule has 1 aromatic rings. The lowest BCUT2D eigenvalue weighted by atomic mass is 10.3. The second-order valence-corrected chi connectivity index (χ2v) is 3.20. The summed E-state index contributed by atoms with van der Waals surface area (Å²) in [5, 5.41) is 0. The fraction of sp³-hybridized carbons (Fsp3) is 0.143. The first-order valence-corrected chi connectivity index (χ1v) is 5.64. The highest BCUT2D eigenvalue weighted by Crippen LogP contribution is 2.28. The van der Waals surface area contributed by atoms with Crippen LogP contribution in [0.4, 0.5) is 22.0 Å². The van der Waals surface area contributed by atoms with E-state index in [-0.39, 0.29) is 0 Å². The highest BCUT2D eigenvalue weighted by molar-refractivity contribution is 6.26. The summed E-state index contributed by atoms with van der Waals surface area (Å²) < 4.78 is 67.4. The zero-order valence-electron chi connectivity index (χ0n) is 7.01. The Hall–Kier alpha value is -1.11. The molecule has 0 aliphatic rings. The van der Waals surface area contributed by atoms with Gasteiger partial charge in [-0.15, -0.1) is 0 Å². The summed E-state index contributed by atoms with van der Waals surface area (Å²) in [7, 11) is -1.31. The normalized spacial score (nSPS) is 11.3. The van der Waals surface area contributed by atoms with Gasteiger partial charge in [-0.25, -0.2) is 13.2 Å². The lowest BCUT2D eigenvalue weighted by Gasteiger charge is -2.08. The summed E-state index contributed by atoms with van der Waals surface area (Å²) in [5.74, 6) is -11.2. The van der Waals surface area contributed by atoms with E-state index in [1.54, 1.807) is 0 Å². The van der Waals surface area contributed by atoms with E-state index in [1.165, 1.54) is 6.55 Å². The molecule has 7 heteroatoms. The number of halogens is 5. The van der Waals surface area contributed by atoms with E-state index >= 15 is 0 Å². The van der Waals surface area contributed by atoms with Gasteiger partial charge in [0.05, 0.1) is 0 Å². The van der Waals surface area contributed by atoms with Crippen molar-refractivity contribution in [1.82, 2.24) is 0 Å². The average molecular weight is 228 g/mol. The van der Waals surface area contributed by atoms with E-state index in [1.807, 2.05) is 0 Å². The fourth-order valence-corrected chi connectivity index (χ4v) is 1.40. The molecular weight excluding hydrogens is 223 g/mol. The third kappa shape index (κ3) is 1.59. The Labute approximate surface area is 78.4 Å². The van der Waals surface area contributed by atoms with E-state index in [0.29, 0.717) is 0 Å². The molecule has 78 valence electrons. The van der Waals surface area contributed by atoms with Crippen LogP contribution in [0.2, 0.25) is 6.55 Å². The lowest BCUT2D eigenvalue weighted by Crippen LogP contribution is -2.07. The first kappa shape index (κ1) is 11.0. The van der Waals surface area contributed by atoms with E-state index in [4.69, 9.17) is 0 Å². The average Bonchev–Trinajstić information content (AvgIpc) is 2.19. The first-order chi connectivity index (χ1) is 6.50. The summed E-state index contributed by atoms with van der Waals surface area (Å²) >= 11 is 0. The molecule has 0 aliphatic carbocycles. The lowest BCUT2D eigenvalue weighted by molar-refractivity contribution is 0.351. The van der Waals surface area contributed by atoms with Crippen LogP contribution in [0.1, 0.15) is 0 Å². The van der Waals surface area contributed by atoms with Crippen LogP contribution in [0.5, 0.6) is 5.75 Å². The number of benzene rings is 1. The van der Waals surface area contributed by atoms with Crippen molar-refractivity contribution in [2.45, 2.75) is 6.55 Å². The summed E-state index contributed by atoms with van der Waals surface area (Å²) in [6.45, 7) is 1.50. The fourth-order valence-electron chi connectivity index (χ4n) is 0.856. The van der Waals surface area contributed by atoms with Gasteiger partial charge in [-0.3, -0.25) is 0 Å². The monoisotopic (exact) mass is 228 g/mol. The summed E-state index contributed by atoms with van der Waals surface area (Å²) in [6, 6.07) is 0. The first-order valence-electron chi connectivity index (χ1n) is 3.64. The van der Waals surface area contributed by atoms with Gasteiger partial charge in [-0.05, 0) is 6.55 Å². The largest absolute Gasteiger partial charge is 0.546 e. The van der Waals surface area contributed by atoms with E-state index in [2.05, 4.69) is 4.43 Å². The molecule has 1 nitrogen and oxygen atoms in total. The Bertz CT molecular complexity index is 339. The van der Waals surface area contributed by atoms with Gasteiger partial charge in [-0.1, -0.05) is 0 Å². The molecule has 1 aromatic carbocycles. The van der Waals surface area contributed by atoms with Crippen LogP contribution in [0.15, 0.2) is 0 Å². The minimum atomic E-state index is -2.18. The Balaban J connectivity index is 3.43. The van der Waals surface area contributed by atoms with Crippen molar-refractivity contribution < 1.29 is 26.4 Å². The summed E-state index contributed by atoms with van der Waals surface area (Å²) in [5.41, 5.74) is 0. The molecule has 0 spiro atoms. The van der Waals surface area contributed by atoms with Gasteiger partial charge in [-0.2, -0.15) is 8.78 Å². The second kappa shape index (κ2) is 3.95. The Morgan fingerprint density at radius 1 is 0.786 bits per heavy atom. The zero-order valence-corrected chi connectivity index (χ0v) is 8.42. The smallest absolute Gasteiger partial charge is 0.216 e. The second-order valence-electron chi connectivity index (χ2n) is 2.33. The number of hydrogen-bond acceptors (Lipinski definition) is 1. The third-order valence-corrected chi connectivity index (χ3v) is 2.04. The number of rotatable bonds is 2. The van der Waals surface area contributed by atoms with Crippen LogP contribution in [0.3, 0.4) is 0 Å². The Morgan fingerprint density at radius 2 is 1.14 bits per heavy atom. The molecule has 0 heterocycles. The van der Waals surface area contributed by atoms with Gasteiger partial charge in [0.25, 0.3) is 0 Å². The van der Waals surface area contributed by atoms with Gasteiger partial charge in [0.2, 0.25) is 38.8 Å².